The number of rotatable bonds is 4. The van der Waals surface area contributed by atoms with Gasteiger partial charge in [0.15, 0.2) is 0 Å². The third-order valence-corrected chi connectivity index (χ3v) is 3.08. The van der Waals surface area contributed by atoms with Gasteiger partial charge in [0.25, 0.3) is 0 Å². The lowest BCUT2D eigenvalue weighted by atomic mass is 9.88. The van der Waals surface area contributed by atoms with Crippen LogP contribution in [0.15, 0.2) is 28.8 Å². The molecule has 1 aromatic heterocycles. The second-order valence-corrected chi connectivity index (χ2v) is 5.95. The standard InChI is InChI=1S/C15H21N3O2/c1-15(2,3)13(19-4)14-17-12(20-18-14)9-10-5-7-11(16)8-6-10/h5-8,13H,9,16H2,1-4H3. The fraction of sp³-hybridized carbons (Fsp3) is 0.467. The van der Waals surface area contributed by atoms with Gasteiger partial charge in [0.05, 0.1) is 6.42 Å². The lowest BCUT2D eigenvalue weighted by Gasteiger charge is -2.26. The summed E-state index contributed by atoms with van der Waals surface area (Å²) in [6.45, 7) is 6.24. The Balaban J connectivity index is 2.14. The van der Waals surface area contributed by atoms with Crippen molar-refractivity contribution in [3.8, 4) is 0 Å². The molecule has 1 heterocycles. The maximum absolute atomic E-state index is 5.66. The van der Waals surface area contributed by atoms with Crippen LogP contribution >= 0.6 is 0 Å². The molecule has 2 aromatic rings. The molecule has 0 aliphatic rings. The Morgan fingerprint density at radius 3 is 2.45 bits per heavy atom. The van der Waals surface area contributed by atoms with Gasteiger partial charge >= 0.3 is 0 Å². The normalized spacial score (nSPS) is 13.4. The zero-order chi connectivity index (χ0) is 14.8. The molecule has 0 aliphatic heterocycles. The fourth-order valence-electron chi connectivity index (χ4n) is 2.10. The zero-order valence-corrected chi connectivity index (χ0v) is 12.4. The minimum atomic E-state index is -0.189. The van der Waals surface area contributed by atoms with E-state index in [4.69, 9.17) is 15.0 Å². The van der Waals surface area contributed by atoms with Crippen LogP contribution in [0.1, 0.15) is 44.2 Å². The van der Waals surface area contributed by atoms with Crippen molar-refractivity contribution in [2.45, 2.75) is 33.3 Å². The van der Waals surface area contributed by atoms with E-state index >= 15 is 0 Å². The van der Waals surface area contributed by atoms with Gasteiger partial charge in [-0.25, -0.2) is 0 Å². The van der Waals surface area contributed by atoms with E-state index in [1.54, 1.807) is 7.11 Å². The average molecular weight is 275 g/mol. The van der Waals surface area contributed by atoms with Crippen molar-refractivity contribution < 1.29 is 9.26 Å². The second-order valence-electron chi connectivity index (χ2n) is 5.95. The number of nitrogens with two attached hydrogens (primary N) is 1. The maximum Gasteiger partial charge on any atom is 0.231 e. The van der Waals surface area contributed by atoms with E-state index in [0.29, 0.717) is 18.1 Å². The van der Waals surface area contributed by atoms with Crippen LogP contribution in [0, 0.1) is 5.41 Å². The van der Waals surface area contributed by atoms with E-state index in [1.807, 2.05) is 24.3 Å². The Kier molecular flexibility index (Phi) is 4.09. The van der Waals surface area contributed by atoms with E-state index in [2.05, 4.69) is 30.9 Å². The van der Waals surface area contributed by atoms with Gasteiger partial charge in [0, 0.05) is 12.8 Å². The van der Waals surface area contributed by atoms with Crippen LogP contribution in [0.4, 0.5) is 5.69 Å². The number of anilines is 1. The summed E-state index contributed by atoms with van der Waals surface area (Å²) in [5.41, 5.74) is 7.40. The van der Waals surface area contributed by atoms with Gasteiger partial charge in [0.1, 0.15) is 6.10 Å². The molecular weight excluding hydrogens is 254 g/mol. The lowest BCUT2D eigenvalue weighted by molar-refractivity contribution is 0.00718. The molecule has 2 rings (SSSR count). The van der Waals surface area contributed by atoms with Gasteiger partial charge in [-0.1, -0.05) is 38.1 Å². The lowest BCUT2D eigenvalue weighted by Crippen LogP contribution is -2.21. The third kappa shape index (κ3) is 3.36. The van der Waals surface area contributed by atoms with Crippen molar-refractivity contribution in [2.75, 3.05) is 12.8 Å². The SMILES string of the molecule is COC(c1noc(Cc2ccc(N)cc2)n1)C(C)(C)C. The predicted molar refractivity (Wildman–Crippen MR) is 77.2 cm³/mol. The van der Waals surface area contributed by atoms with Crippen molar-refractivity contribution in [3.05, 3.63) is 41.5 Å². The topological polar surface area (TPSA) is 74.2 Å². The molecule has 0 bridgehead atoms. The molecule has 0 spiro atoms. The Labute approximate surface area is 119 Å². The molecule has 0 saturated heterocycles. The van der Waals surface area contributed by atoms with E-state index in [9.17, 15) is 0 Å². The summed E-state index contributed by atoms with van der Waals surface area (Å²) in [6, 6.07) is 7.63. The van der Waals surface area contributed by atoms with Crippen LogP contribution in [0.25, 0.3) is 0 Å². The summed E-state index contributed by atoms with van der Waals surface area (Å²) in [5.74, 6) is 1.17. The predicted octanol–water partition coefficient (Wildman–Crippen LogP) is 2.98. The van der Waals surface area contributed by atoms with Crippen molar-refractivity contribution in [2.24, 2.45) is 5.41 Å². The molecule has 20 heavy (non-hydrogen) atoms. The Bertz CT molecular complexity index is 555. The largest absolute Gasteiger partial charge is 0.399 e. The molecule has 0 radical (unpaired) electrons. The van der Waals surface area contributed by atoms with E-state index in [-0.39, 0.29) is 11.5 Å². The highest BCUT2D eigenvalue weighted by Gasteiger charge is 2.30. The van der Waals surface area contributed by atoms with Crippen molar-refractivity contribution in [1.29, 1.82) is 0 Å². The van der Waals surface area contributed by atoms with Crippen LogP contribution in [0.3, 0.4) is 0 Å². The van der Waals surface area contributed by atoms with Gasteiger partial charge in [-0.05, 0) is 23.1 Å². The fourth-order valence-corrected chi connectivity index (χ4v) is 2.10. The van der Waals surface area contributed by atoms with Crippen molar-refractivity contribution in [3.63, 3.8) is 0 Å². The van der Waals surface area contributed by atoms with Gasteiger partial charge < -0.3 is 15.0 Å². The Morgan fingerprint density at radius 1 is 1.25 bits per heavy atom. The van der Waals surface area contributed by atoms with Gasteiger partial charge in [-0.15, -0.1) is 0 Å². The van der Waals surface area contributed by atoms with Crippen molar-refractivity contribution >= 4 is 5.69 Å². The Hall–Kier alpha value is -1.88. The number of ether oxygens (including phenoxy) is 1. The summed E-state index contributed by atoms with van der Waals surface area (Å²) < 4.78 is 10.8. The first-order valence-corrected chi connectivity index (χ1v) is 6.60. The van der Waals surface area contributed by atoms with Crippen LogP contribution in [-0.4, -0.2) is 17.3 Å². The zero-order valence-electron chi connectivity index (χ0n) is 12.4. The number of methoxy groups -OCH3 is 1. The molecule has 0 aliphatic carbocycles. The molecule has 1 unspecified atom stereocenters. The monoisotopic (exact) mass is 275 g/mol. The average Bonchev–Trinajstić information content (AvgIpc) is 2.79. The summed E-state index contributed by atoms with van der Waals surface area (Å²) in [7, 11) is 1.66. The number of hydrogen-bond donors (Lipinski definition) is 1. The van der Waals surface area contributed by atoms with Crippen LogP contribution < -0.4 is 5.73 Å². The molecule has 0 fully saturated rings. The van der Waals surface area contributed by atoms with Gasteiger partial charge in [-0.3, -0.25) is 0 Å². The maximum atomic E-state index is 5.66. The van der Waals surface area contributed by atoms with Crippen LogP contribution in [0.2, 0.25) is 0 Å². The molecular formula is C15H21N3O2. The number of nitrogen functional groups attached to an aromatic ring is 1. The molecule has 1 aromatic carbocycles. The number of nitrogens with zero attached hydrogens (tertiary/aromatic N) is 2. The van der Waals surface area contributed by atoms with Crippen LogP contribution in [0.5, 0.6) is 0 Å². The van der Waals surface area contributed by atoms with E-state index in [1.165, 1.54) is 0 Å². The quantitative estimate of drug-likeness (QED) is 0.868. The molecule has 0 saturated carbocycles. The first-order valence-electron chi connectivity index (χ1n) is 6.60. The summed E-state index contributed by atoms with van der Waals surface area (Å²) in [4.78, 5) is 4.43. The van der Waals surface area contributed by atoms with Gasteiger partial charge in [-0.2, -0.15) is 4.98 Å². The summed E-state index contributed by atoms with van der Waals surface area (Å²) in [6.07, 6.45) is 0.403. The van der Waals surface area contributed by atoms with E-state index in [0.717, 1.165) is 11.3 Å². The van der Waals surface area contributed by atoms with E-state index < -0.39 is 0 Å². The summed E-state index contributed by atoms with van der Waals surface area (Å²) >= 11 is 0. The molecule has 1 atom stereocenters. The number of aromatic nitrogens is 2. The first-order chi connectivity index (χ1) is 9.40. The number of hydrogen-bond acceptors (Lipinski definition) is 5. The highest BCUT2D eigenvalue weighted by atomic mass is 16.5. The smallest absolute Gasteiger partial charge is 0.231 e. The molecule has 108 valence electrons. The summed E-state index contributed by atoms with van der Waals surface area (Å²) in [5, 5.41) is 4.03. The van der Waals surface area contributed by atoms with Crippen LogP contribution in [-0.2, 0) is 11.2 Å². The molecule has 2 N–H and O–H groups in total. The minimum Gasteiger partial charge on any atom is -0.399 e. The van der Waals surface area contributed by atoms with Crippen molar-refractivity contribution in [1.82, 2.24) is 10.1 Å². The molecule has 5 heteroatoms. The first kappa shape index (κ1) is 14.5. The molecule has 5 nitrogen and oxygen atoms in total. The molecule has 0 amide bonds. The minimum absolute atomic E-state index is 0.0862. The highest BCUT2D eigenvalue weighted by Crippen LogP contribution is 2.33. The van der Waals surface area contributed by atoms with Gasteiger partial charge in [0.2, 0.25) is 11.7 Å². The Morgan fingerprint density at radius 2 is 1.90 bits per heavy atom. The number of benzene rings is 1. The highest BCUT2D eigenvalue weighted by molar-refractivity contribution is 5.39. The second kappa shape index (κ2) is 5.63. The third-order valence-electron chi connectivity index (χ3n) is 3.08.